The molecule has 1 atom stereocenters. The van der Waals surface area contributed by atoms with E-state index in [4.69, 9.17) is 19.9 Å². The molecule has 0 radical (unpaired) electrons. The van der Waals surface area contributed by atoms with Crippen molar-refractivity contribution >= 4 is 0 Å². The molecule has 1 fully saturated rings. The fourth-order valence-electron chi connectivity index (χ4n) is 2.22. The molecular formula is C15H23NO3. The predicted octanol–water partition coefficient (Wildman–Crippen LogP) is 2.14. The van der Waals surface area contributed by atoms with E-state index in [9.17, 15) is 0 Å². The van der Waals surface area contributed by atoms with Crippen LogP contribution in [0.5, 0.6) is 11.5 Å². The molecule has 1 aliphatic rings. The van der Waals surface area contributed by atoms with Crippen LogP contribution in [0.2, 0.25) is 0 Å². The molecule has 19 heavy (non-hydrogen) atoms. The number of hydrogen-bond donors (Lipinski definition) is 1. The van der Waals surface area contributed by atoms with E-state index in [0.717, 1.165) is 50.3 Å². The van der Waals surface area contributed by atoms with E-state index < -0.39 is 0 Å². The largest absolute Gasteiger partial charge is 0.493 e. The van der Waals surface area contributed by atoms with E-state index in [2.05, 4.69) is 12.1 Å². The maximum absolute atomic E-state index is 5.91. The van der Waals surface area contributed by atoms with Gasteiger partial charge in [-0.25, -0.2) is 0 Å². The maximum Gasteiger partial charge on any atom is 0.161 e. The molecule has 0 bridgehead atoms. The molecule has 1 aromatic rings. The number of ether oxygens (including phenoxy) is 3. The molecule has 1 unspecified atom stereocenters. The monoisotopic (exact) mass is 265 g/mol. The first-order valence-electron chi connectivity index (χ1n) is 6.95. The molecule has 0 spiro atoms. The van der Waals surface area contributed by atoms with Gasteiger partial charge >= 0.3 is 0 Å². The molecule has 0 aromatic heterocycles. The molecule has 1 aromatic carbocycles. The SMILES string of the molecule is COc1cc(CCCCN)ccc1OC1CCOC1. The Morgan fingerprint density at radius 2 is 2.21 bits per heavy atom. The fraction of sp³-hybridized carbons (Fsp3) is 0.600. The predicted molar refractivity (Wildman–Crippen MR) is 74.8 cm³/mol. The summed E-state index contributed by atoms with van der Waals surface area (Å²) in [5.74, 6) is 1.61. The quantitative estimate of drug-likeness (QED) is 0.767. The minimum absolute atomic E-state index is 0.150. The summed E-state index contributed by atoms with van der Waals surface area (Å²) in [6, 6.07) is 6.15. The van der Waals surface area contributed by atoms with Gasteiger partial charge in [-0.3, -0.25) is 0 Å². The smallest absolute Gasteiger partial charge is 0.161 e. The van der Waals surface area contributed by atoms with Crippen molar-refractivity contribution in [1.29, 1.82) is 0 Å². The lowest BCUT2D eigenvalue weighted by Gasteiger charge is -2.15. The summed E-state index contributed by atoms with van der Waals surface area (Å²) < 4.78 is 16.6. The van der Waals surface area contributed by atoms with Gasteiger partial charge < -0.3 is 19.9 Å². The molecule has 2 rings (SSSR count). The summed E-state index contributed by atoms with van der Waals surface area (Å²) in [5, 5.41) is 0. The van der Waals surface area contributed by atoms with Crippen LogP contribution >= 0.6 is 0 Å². The second-order valence-electron chi connectivity index (χ2n) is 4.83. The van der Waals surface area contributed by atoms with Gasteiger partial charge in [-0.2, -0.15) is 0 Å². The minimum Gasteiger partial charge on any atom is -0.493 e. The van der Waals surface area contributed by atoms with Crippen LogP contribution < -0.4 is 15.2 Å². The molecule has 1 heterocycles. The van der Waals surface area contributed by atoms with Crippen LogP contribution in [0.3, 0.4) is 0 Å². The highest BCUT2D eigenvalue weighted by Crippen LogP contribution is 2.30. The Balaban J connectivity index is 1.98. The van der Waals surface area contributed by atoms with Crippen molar-refractivity contribution in [3.8, 4) is 11.5 Å². The number of hydrogen-bond acceptors (Lipinski definition) is 4. The third-order valence-electron chi connectivity index (χ3n) is 3.33. The summed E-state index contributed by atoms with van der Waals surface area (Å²) >= 11 is 0. The zero-order valence-electron chi connectivity index (χ0n) is 11.6. The molecule has 0 aliphatic carbocycles. The second-order valence-corrected chi connectivity index (χ2v) is 4.83. The van der Waals surface area contributed by atoms with Crippen molar-refractivity contribution in [2.24, 2.45) is 5.73 Å². The first-order chi connectivity index (χ1) is 9.33. The molecule has 2 N–H and O–H groups in total. The maximum atomic E-state index is 5.91. The Morgan fingerprint density at radius 1 is 1.32 bits per heavy atom. The molecule has 0 amide bonds. The van der Waals surface area contributed by atoms with Crippen molar-refractivity contribution in [1.82, 2.24) is 0 Å². The van der Waals surface area contributed by atoms with Gasteiger partial charge in [-0.05, 0) is 43.5 Å². The van der Waals surface area contributed by atoms with Crippen LogP contribution in [-0.4, -0.2) is 33.0 Å². The van der Waals surface area contributed by atoms with E-state index in [-0.39, 0.29) is 6.10 Å². The molecule has 1 aliphatic heterocycles. The normalized spacial score (nSPS) is 18.5. The van der Waals surface area contributed by atoms with Crippen LogP contribution in [0.15, 0.2) is 18.2 Å². The molecule has 0 saturated carbocycles. The van der Waals surface area contributed by atoms with Crippen LogP contribution in [0, 0.1) is 0 Å². The van der Waals surface area contributed by atoms with Gasteiger partial charge in [-0.15, -0.1) is 0 Å². The van der Waals surface area contributed by atoms with Gasteiger partial charge in [-0.1, -0.05) is 6.07 Å². The number of methoxy groups -OCH3 is 1. The van der Waals surface area contributed by atoms with Gasteiger partial charge in [0.15, 0.2) is 11.5 Å². The number of aryl methyl sites for hydroxylation is 1. The Morgan fingerprint density at radius 3 is 2.89 bits per heavy atom. The summed E-state index contributed by atoms with van der Waals surface area (Å²) in [6.07, 6.45) is 4.29. The summed E-state index contributed by atoms with van der Waals surface area (Å²) in [6.45, 7) is 2.20. The average Bonchev–Trinajstić information content (AvgIpc) is 2.93. The molecule has 106 valence electrons. The summed E-state index contributed by atoms with van der Waals surface area (Å²) in [5.41, 5.74) is 6.77. The molecular weight excluding hydrogens is 242 g/mol. The first-order valence-corrected chi connectivity index (χ1v) is 6.95. The van der Waals surface area contributed by atoms with Crippen molar-refractivity contribution in [3.63, 3.8) is 0 Å². The highest BCUT2D eigenvalue weighted by atomic mass is 16.6. The van der Waals surface area contributed by atoms with Gasteiger partial charge in [0.05, 0.1) is 20.3 Å². The second kappa shape index (κ2) is 7.36. The van der Waals surface area contributed by atoms with Crippen LogP contribution in [0.1, 0.15) is 24.8 Å². The molecule has 4 heteroatoms. The van der Waals surface area contributed by atoms with E-state index in [1.54, 1.807) is 7.11 Å². The third-order valence-corrected chi connectivity index (χ3v) is 3.33. The van der Waals surface area contributed by atoms with Crippen LogP contribution in [0.25, 0.3) is 0 Å². The van der Waals surface area contributed by atoms with E-state index in [0.29, 0.717) is 6.61 Å². The lowest BCUT2D eigenvalue weighted by atomic mass is 10.1. The highest BCUT2D eigenvalue weighted by molar-refractivity contribution is 5.43. The summed E-state index contributed by atoms with van der Waals surface area (Å²) in [4.78, 5) is 0. The Hall–Kier alpha value is -1.26. The van der Waals surface area contributed by atoms with Gasteiger partial charge in [0.25, 0.3) is 0 Å². The summed E-state index contributed by atoms with van der Waals surface area (Å²) in [7, 11) is 1.68. The standard InChI is InChI=1S/C15H23NO3/c1-17-15-10-12(4-2-3-8-16)5-6-14(15)19-13-7-9-18-11-13/h5-6,10,13H,2-4,7-9,11,16H2,1H3. The number of unbranched alkanes of at least 4 members (excludes halogenated alkanes) is 1. The van der Waals surface area contributed by atoms with E-state index in [1.165, 1.54) is 5.56 Å². The Bertz CT molecular complexity index is 389. The number of benzene rings is 1. The molecule has 4 nitrogen and oxygen atoms in total. The van der Waals surface area contributed by atoms with Gasteiger partial charge in [0, 0.05) is 6.42 Å². The van der Waals surface area contributed by atoms with Crippen molar-refractivity contribution in [2.75, 3.05) is 26.9 Å². The highest BCUT2D eigenvalue weighted by Gasteiger charge is 2.19. The van der Waals surface area contributed by atoms with E-state index >= 15 is 0 Å². The zero-order chi connectivity index (χ0) is 13.5. The van der Waals surface area contributed by atoms with Crippen LogP contribution in [-0.2, 0) is 11.2 Å². The van der Waals surface area contributed by atoms with E-state index in [1.807, 2.05) is 6.07 Å². The van der Waals surface area contributed by atoms with Gasteiger partial charge in [0.2, 0.25) is 0 Å². The Kier molecular flexibility index (Phi) is 5.48. The van der Waals surface area contributed by atoms with Crippen molar-refractivity contribution in [3.05, 3.63) is 23.8 Å². The third kappa shape index (κ3) is 4.11. The average molecular weight is 265 g/mol. The first kappa shape index (κ1) is 14.2. The Labute approximate surface area is 114 Å². The zero-order valence-corrected chi connectivity index (χ0v) is 11.6. The van der Waals surface area contributed by atoms with Gasteiger partial charge in [0.1, 0.15) is 6.10 Å². The van der Waals surface area contributed by atoms with Crippen molar-refractivity contribution < 1.29 is 14.2 Å². The topological polar surface area (TPSA) is 53.7 Å². The molecule has 1 saturated heterocycles. The lowest BCUT2D eigenvalue weighted by molar-refractivity contribution is 0.138. The van der Waals surface area contributed by atoms with Crippen LogP contribution in [0.4, 0.5) is 0 Å². The number of nitrogens with two attached hydrogens (primary N) is 1. The minimum atomic E-state index is 0.150. The number of rotatable bonds is 7. The fourth-order valence-corrected chi connectivity index (χ4v) is 2.22. The lowest BCUT2D eigenvalue weighted by Crippen LogP contribution is -2.16. The van der Waals surface area contributed by atoms with Crippen molar-refractivity contribution in [2.45, 2.75) is 31.8 Å².